The highest BCUT2D eigenvalue weighted by molar-refractivity contribution is 9.10. The molecule has 1 heterocycles. The molecule has 0 unspecified atom stereocenters. The van der Waals surface area contributed by atoms with Crippen molar-refractivity contribution in [2.75, 3.05) is 0 Å². The Hall–Kier alpha value is -2.14. The number of carbonyl (C=O) groups is 1. The zero-order valence-corrected chi connectivity index (χ0v) is 12.2. The summed E-state index contributed by atoms with van der Waals surface area (Å²) in [6, 6.07) is 10.5. The number of ketones is 1. The summed E-state index contributed by atoms with van der Waals surface area (Å²) in [5, 5.41) is 0. The van der Waals surface area contributed by atoms with E-state index in [1.807, 2.05) is 19.1 Å². The van der Waals surface area contributed by atoms with Gasteiger partial charge in [0.05, 0.1) is 5.52 Å². The number of fused-ring (bicyclic) bond motifs is 1. The van der Waals surface area contributed by atoms with E-state index in [1.165, 1.54) is 0 Å². The fourth-order valence-electron chi connectivity index (χ4n) is 2.05. The van der Waals surface area contributed by atoms with Crippen molar-refractivity contribution in [1.29, 1.82) is 0 Å². The lowest BCUT2D eigenvalue weighted by Crippen LogP contribution is -2.02. The topological polar surface area (TPSA) is 63.1 Å². The maximum absolute atomic E-state index is 12.5. The quantitative estimate of drug-likeness (QED) is 0.732. The van der Waals surface area contributed by atoms with Crippen molar-refractivity contribution in [2.24, 2.45) is 0 Å². The van der Waals surface area contributed by atoms with E-state index in [0.717, 1.165) is 10.0 Å². The SMILES string of the molecule is Cc1ccc(C(=O)c2ccc3[nH]c(=O)oc3c2)c(Br)c1. The van der Waals surface area contributed by atoms with Crippen molar-refractivity contribution in [3.63, 3.8) is 0 Å². The summed E-state index contributed by atoms with van der Waals surface area (Å²) in [7, 11) is 0. The molecule has 0 aliphatic carbocycles. The van der Waals surface area contributed by atoms with Gasteiger partial charge in [-0.2, -0.15) is 0 Å². The number of aromatic nitrogens is 1. The molecular weight excluding hydrogens is 322 g/mol. The van der Waals surface area contributed by atoms with Gasteiger partial charge in [-0.1, -0.05) is 22.0 Å². The standard InChI is InChI=1S/C15H10BrNO3/c1-8-2-4-10(11(16)6-8)14(18)9-3-5-12-13(7-9)20-15(19)17-12/h2-7H,1H3,(H,17,19). The van der Waals surface area contributed by atoms with E-state index in [4.69, 9.17) is 4.42 Å². The number of halogens is 1. The zero-order valence-electron chi connectivity index (χ0n) is 10.6. The third-order valence-electron chi connectivity index (χ3n) is 3.05. The molecule has 3 aromatic rings. The Labute approximate surface area is 122 Å². The molecule has 5 heteroatoms. The normalized spacial score (nSPS) is 10.9. The van der Waals surface area contributed by atoms with Crippen LogP contribution in [0.3, 0.4) is 0 Å². The Bertz CT molecular complexity index is 876. The van der Waals surface area contributed by atoms with E-state index in [9.17, 15) is 9.59 Å². The molecular formula is C15H10BrNO3. The molecule has 0 spiro atoms. The summed E-state index contributed by atoms with van der Waals surface area (Å²) in [6.07, 6.45) is 0. The van der Waals surface area contributed by atoms with Crippen LogP contribution in [0.15, 0.2) is 50.1 Å². The molecule has 0 aliphatic rings. The van der Waals surface area contributed by atoms with E-state index >= 15 is 0 Å². The first-order valence-electron chi connectivity index (χ1n) is 5.98. The van der Waals surface area contributed by atoms with Gasteiger partial charge in [0, 0.05) is 15.6 Å². The van der Waals surface area contributed by atoms with E-state index in [-0.39, 0.29) is 5.78 Å². The van der Waals surface area contributed by atoms with Crippen molar-refractivity contribution in [2.45, 2.75) is 6.92 Å². The first kappa shape index (κ1) is 12.9. The van der Waals surface area contributed by atoms with Crippen LogP contribution in [0.1, 0.15) is 21.5 Å². The van der Waals surface area contributed by atoms with Gasteiger partial charge in [0.25, 0.3) is 0 Å². The summed E-state index contributed by atoms with van der Waals surface area (Å²) in [5.41, 5.74) is 3.08. The van der Waals surface area contributed by atoms with Gasteiger partial charge in [-0.25, -0.2) is 4.79 Å². The number of hydrogen-bond donors (Lipinski definition) is 1. The second kappa shape index (κ2) is 4.76. The summed E-state index contributed by atoms with van der Waals surface area (Å²) in [4.78, 5) is 26.1. The molecule has 20 heavy (non-hydrogen) atoms. The minimum Gasteiger partial charge on any atom is -0.408 e. The molecule has 3 rings (SSSR count). The zero-order chi connectivity index (χ0) is 14.3. The van der Waals surface area contributed by atoms with Crippen molar-refractivity contribution in [1.82, 2.24) is 4.98 Å². The van der Waals surface area contributed by atoms with Crippen LogP contribution in [-0.2, 0) is 0 Å². The molecule has 0 amide bonds. The average molecular weight is 332 g/mol. The fourth-order valence-corrected chi connectivity index (χ4v) is 2.72. The second-order valence-electron chi connectivity index (χ2n) is 4.54. The Morgan fingerprint density at radius 2 is 2.00 bits per heavy atom. The van der Waals surface area contributed by atoms with Crippen molar-refractivity contribution in [3.8, 4) is 0 Å². The van der Waals surface area contributed by atoms with Gasteiger partial charge >= 0.3 is 5.76 Å². The van der Waals surface area contributed by atoms with Gasteiger partial charge in [-0.3, -0.25) is 9.78 Å². The third kappa shape index (κ3) is 2.20. The molecule has 0 bridgehead atoms. The lowest BCUT2D eigenvalue weighted by molar-refractivity contribution is 0.103. The lowest BCUT2D eigenvalue weighted by Gasteiger charge is -2.05. The summed E-state index contributed by atoms with van der Waals surface area (Å²) < 4.78 is 5.72. The van der Waals surface area contributed by atoms with Crippen LogP contribution >= 0.6 is 15.9 Å². The van der Waals surface area contributed by atoms with E-state index in [2.05, 4.69) is 20.9 Å². The van der Waals surface area contributed by atoms with Crippen LogP contribution in [0.4, 0.5) is 0 Å². The van der Waals surface area contributed by atoms with E-state index in [0.29, 0.717) is 22.2 Å². The van der Waals surface area contributed by atoms with Gasteiger partial charge in [-0.15, -0.1) is 0 Å². The number of benzene rings is 2. The van der Waals surface area contributed by atoms with E-state index < -0.39 is 5.76 Å². The molecule has 0 fully saturated rings. The summed E-state index contributed by atoms with van der Waals surface area (Å²) >= 11 is 3.40. The van der Waals surface area contributed by atoms with Gasteiger partial charge in [0.15, 0.2) is 11.4 Å². The molecule has 0 radical (unpaired) electrons. The maximum Gasteiger partial charge on any atom is 0.417 e. The molecule has 0 atom stereocenters. The molecule has 1 aromatic heterocycles. The Kier molecular flexibility index (Phi) is 3.06. The summed E-state index contributed by atoms with van der Waals surface area (Å²) in [6.45, 7) is 1.96. The van der Waals surface area contributed by atoms with Gasteiger partial charge in [0.1, 0.15) is 0 Å². The Morgan fingerprint density at radius 3 is 2.75 bits per heavy atom. The van der Waals surface area contributed by atoms with E-state index in [1.54, 1.807) is 24.3 Å². The van der Waals surface area contributed by atoms with Crippen LogP contribution in [0.5, 0.6) is 0 Å². The Morgan fingerprint density at radius 1 is 1.20 bits per heavy atom. The van der Waals surface area contributed by atoms with Crippen LogP contribution < -0.4 is 5.76 Å². The van der Waals surface area contributed by atoms with Crippen LogP contribution in [-0.4, -0.2) is 10.8 Å². The van der Waals surface area contributed by atoms with Crippen LogP contribution in [0, 0.1) is 6.92 Å². The number of carbonyl (C=O) groups excluding carboxylic acids is 1. The molecule has 4 nitrogen and oxygen atoms in total. The highest BCUT2D eigenvalue weighted by atomic mass is 79.9. The number of nitrogens with one attached hydrogen (secondary N) is 1. The lowest BCUT2D eigenvalue weighted by atomic mass is 10.0. The largest absolute Gasteiger partial charge is 0.417 e. The van der Waals surface area contributed by atoms with Crippen molar-refractivity contribution < 1.29 is 9.21 Å². The molecule has 2 aromatic carbocycles. The highest BCUT2D eigenvalue weighted by Gasteiger charge is 2.14. The molecule has 0 saturated heterocycles. The first-order chi connectivity index (χ1) is 9.54. The number of aryl methyl sites for hydroxylation is 1. The monoisotopic (exact) mass is 331 g/mol. The predicted molar refractivity (Wildman–Crippen MR) is 79.1 cm³/mol. The van der Waals surface area contributed by atoms with Gasteiger partial charge in [-0.05, 0) is 42.8 Å². The number of rotatable bonds is 2. The maximum atomic E-state index is 12.5. The minimum atomic E-state index is -0.527. The summed E-state index contributed by atoms with van der Waals surface area (Å²) in [5.74, 6) is -0.649. The third-order valence-corrected chi connectivity index (χ3v) is 3.71. The molecule has 0 aliphatic heterocycles. The minimum absolute atomic E-state index is 0.123. The molecule has 100 valence electrons. The number of H-pyrrole nitrogens is 1. The van der Waals surface area contributed by atoms with Crippen LogP contribution in [0.25, 0.3) is 11.1 Å². The average Bonchev–Trinajstić information content (AvgIpc) is 2.77. The van der Waals surface area contributed by atoms with Gasteiger partial charge < -0.3 is 4.42 Å². The number of aromatic amines is 1. The van der Waals surface area contributed by atoms with Gasteiger partial charge in [0.2, 0.25) is 0 Å². The Balaban J connectivity index is 2.09. The van der Waals surface area contributed by atoms with Crippen LogP contribution in [0.2, 0.25) is 0 Å². The second-order valence-corrected chi connectivity index (χ2v) is 5.39. The van der Waals surface area contributed by atoms with Crippen molar-refractivity contribution >= 4 is 32.8 Å². The molecule has 0 saturated carbocycles. The smallest absolute Gasteiger partial charge is 0.408 e. The van der Waals surface area contributed by atoms with Crippen molar-refractivity contribution in [3.05, 3.63) is 68.1 Å². The fraction of sp³-hybridized carbons (Fsp3) is 0.0667. The number of hydrogen-bond acceptors (Lipinski definition) is 3. The highest BCUT2D eigenvalue weighted by Crippen LogP contribution is 2.23. The first-order valence-corrected chi connectivity index (χ1v) is 6.77. The predicted octanol–water partition coefficient (Wildman–Crippen LogP) is 3.42. The molecule has 1 N–H and O–H groups in total. The number of oxazole rings is 1.